The van der Waals surface area contributed by atoms with Crippen LogP contribution in [-0.4, -0.2) is 44.8 Å². The summed E-state index contributed by atoms with van der Waals surface area (Å²) in [5, 5.41) is 2.89. The van der Waals surface area contributed by atoms with Crippen molar-refractivity contribution in [2.45, 2.75) is 31.8 Å². The minimum Gasteiger partial charge on any atom is -0.375 e. The van der Waals surface area contributed by atoms with E-state index in [-0.39, 0.29) is 24.5 Å². The number of carbonyl (C=O) groups excluding carboxylic acids is 2. The van der Waals surface area contributed by atoms with E-state index in [4.69, 9.17) is 9.47 Å². The zero-order valence-corrected chi connectivity index (χ0v) is 13.3. The average Bonchev–Trinajstić information content (AvgIpc) is 3.09. The number of anilines is 2. The Morgan fingerprint density at radius 1 is 1.39 bits per heavy atom. The van der Waals surface area contributed by atoms with E-state index < -0.39 is 0 Å². The molecule has 2 aliphatic rings. The number of methoxy groups -OCH3 is 1. The smallest absolute Gasteiger partial charge is 0.253 e. The van der Waals surface area contributed by atoms with Gasteiger partial charge in [-0.05, 0) is 43.4 Å². The number of hydrogen-bond donors (Lipinski definition) is 1. The first kappa shape index (κ1) is 16.0. The molecule has 6 nitrogen and oxygen atoms in total. The molecule has 2 amide bonds. The monoisotopic (exact) mass is 318 g/mol. The number of carbonyl (C=O) groups is 2. The molecule has 1 fully saturated rings. The van der Waals surface area contributed by atoms with E-state index in [1.165, 1.54) is 7.11 Å². The molecule has 1 saturated heterocycles. The van der Waals surface area contributed by atoms with E-state index in [0.29, 0.717) is 18.8 Å². The lowest BCUT2D eigenvalue weighted by molar-refractivity contribution is -0.124. The number of aryl methyl sites for hydroxylation is 1. The van der Waals surface area contributed by atoms with Gasteiger partial charge in [-0.25, -0.2) is 0 Å². The lowest BCUT2D eigenvalue weighted by Crippen LogP contribution is -2.37. The average molecular weight is 318 g/mol. The summed E-state index contributed by atoms with van der Waals surface area (Å²) in [5.74, 6) is -0.177. The van der Waals surface area contributed by atoms with Crippen LogP contribution in [0, 0.1) is 0 Å². The summed E-state index contributed by atoms with van der Waals surface area (Å²) in [5.41, 5.74) is 2.68. The van der Waals surface area contributed by atoms with Crippen LogP contribution in [0.1, 0.15) is 24.8 Å². The summed E-state index contributed by atoms with van der Waals surface area (Å²) in [6.07, 6.45) is 3.18. The maximum Gasteiger partial charge on any atom is 0.253 e. The number of benzene rings is 1. The highest BCUT2D eigenvalue weighted by Crippen LogP contribution is 2.30. The van der Waals surface area contributed by atoms with E-state index in [9.17, 15) is 9.59 Å². The predicted molar refractivity (Wildman–Crippen MR) is 86.6 cm³/mol. The molecule has 1 aromatic rings. The zero-order valence-electron chi connectivity index (χ0n) is 13.3. The summed E-state index contributed by atoms with van der Waals surface area (Å²) < 4.78 is 10.4. The number of nitrogens with zero attached hydrogens (tertiary/aromatic N) is 1. The summed E-state index contributed by atoms with van der Waals surface area (Å²) >= 11 is 0. The highest BCUT2D eigenvalue weighted by atomic mass is 16.5. The van der Waals surface area contributed by atoms with Crippen molar-refractivity contribution in [3.05, 3.63) is 23.8 Å². The van der Waals surface area contributed by atoms with Crippen molar-refractivity contribution >= 4 is 23.2 Å². The number of hydrogen-bond acceptors (Lipinski definition) is 4. The van der Waals surface area contributed by atoms with Crippen LogP contribution < -0.4 is 10.2 Å². The molecule has 23 heavy (non-hydrogen) atoms. The largest absolute Gasteiger partial charge is 0.375 e. The van der Waals surface area contributed by atoms with Crippen LogP contribution in [0.2, 0.25) is 0 Å². The molecule has 124 valence electrons. The summed E-state index contributed by atoms with van der Waals surface area (Å²) in [6, 6.07) is 5.73. The van der Waals surface area contributed by atoms with Crippen molar-refractivity contribution in [1.82, 2.24) is 0 Å². The van der Waals surface area contributed by atoms with Crippen LogP contribution in [0.25, 0.3) is 0 Å². The molecular formula is C17H22N2O4. The van der Waals surface area contributed by atoms with Crippen molar-refractivity contribution in [1.29, 1.82) is 0 Å². The van der Waals surface area contributed by atoms with Crippen LogP contribution in [0.3, 0.4) is 0 Å². The standard InChI is InChI=1S/C17H22N2O4/c1-22-11-16(20)19-8-2-4-12-6-7-13(10-14(12)19)18-17(21)15-5-3-9-23-15/h6-7,10,15H,2-5,8-9,11H2,1H3,(H,18,21). The Balaban J connectivity index is 1.77. The minimum atomic E-state index is -0.364. The molecule has 2 heterocycles. The Hall–Kier alpha value is -1.92. The SMILES string of the molecule is COCC(=O)N1CCCc2ccc(NC(=O)C3CCCO3)cc21. The van der Waals surface area contributed by atoms with E-state index >= 15 is 0 Å². The first-order chi connectivity index (χ1) is 11.2. The quantitative estimate of drug-likeness (QED) is 0.918. The number of fused-ring (bicyclic) bond motifs is 1. The summed E-state index contributed by atoms with van der Waals surface area (Å²) in [7, 11) is 1.51. The fourth-order valence-corrected chi connectivity index (χ4v) is 3.12. The van der Waals surface area contributed by atoms with Gasteiger partial charge in [0.25, 0.3) is 11.8 Å². The van der Waals surface area contributed by atoms with Gasteiger partial charge in [-0.15, -0.1) is 0 Å². The van der Waals surface area contributed by atoms with E-state index in [1.807, 2.05) is 18.2 Å². The molecular weight excluding hydrogens is 296 g/mol. The lowest BCUT2D eigenvalue weighted by atomic mass is 10.0. The van der Waals surface area contributed by atoms with Gasteiger partial charge in [0.05, 0.1) is 0 Å². The predicted octanol–water partition coefficient (Wildman–Crippen LogP) is 1.73. The van der Waals surface area contributed by atoms with Crippen LogP contribution >= 0.6 is 0 Å². The molecule has 1 aromatic carbocycles. The molecule has 1 N–H and O–H groups in total. The third kappa shape index (κ3) is 3.54. The molecule has 2 aliphatic heterocycles. The summed E-state index contributed by atoms with van der Waals surface area (Å²) in [4.78, 5) is 26.1. The molecule has 1 unspecified atom stereocenters. The highest BCUT2D eigenvalue weighted by Gasteiger charge is 2.25. The number of rotatable bonds is 4. The maximum atomic E-state index is 12.2. The summed E-state index contributed by atoms with van der Waals surface area (Å²) in [6.45, 7) is 1.38. The minimum absolute atomic E-state index is 0.0592. The van der Waals surface area contributed by atoms with E-state index in [2.05, 4.69) is 5.32 Å². The first-order valence-electron chi connectivity index (χ1n) is 8.04. The molecule has 0 radical (unpaired) electrons. The third-order valence-electron chi connectivity index (χ3n) is 4.26. The Labute approximate surface area is 135 Å². The van der Waals surface area contributed by atoms with Crippen molar-refractivity contribution in [2.24, 2.45) is 0 Å². The van der Waals surface area contributed by atoms with Gasteiger partial charge in [-0.2, -0.15) is 0 Å². The lowest BCUT2D eigenvalue weighted by Gasteiger charge is -2.30. The number of nitrogens with one attached hydrogen (secondary N) is 1. The van der Waals surface area contributed by atoms with Gasteiger partial charge in [0.2, 0.25) is 0 Å². The van der Waals surface area contributed by atoms with Crippen LogP contribution in [0.5, 0.6) is 0 Å². The topological polar surface area (TPSA) is 67.9 Å². The zero-order chi connectivity index (χ0) is 16.2. The van der Waals surface area contributed by atoms with Crippen LogP contribution in [0.4, 0.5) is 11.4 Å². The molecule has 0 spiro atoms. The van der Waals surface area contributed by atoms with Gasteiger partial charge in [0.15, 0.2) is 0 Å². The molecule has 1 atom stereocenters. The van der Waals surface area contributed by atoms with Gasteiger partial charge >= 0.3 is 0 Å². The molecule has 3 rings (SSSR count). The second kappa shape index (κ2) is 7.10. The highest BCUT2D eigenvalue weighted by molar-refractivity contribution is 5.98. The maximum absolute atomic E-state index is 12.2. The normalized spacial score (nSPS) is 20.2. The van der Waals surface area contributed by atoms with E-state index in [0.717, 1.165) is 36.9 Å². The van der Waals surface area contributed by atoms with Crippen LogP contribution in [0.15, 0.2) is 18.2 Å². The fraction of sp³-hybridized carbons (Fsp3) is 0.529. The van der Waals surface area contributed by atoms with Gasteiger partial charge in [0.1, 0.15) is 12.7 Å². The second-order valence-corrected chi connectivity index (χ2v) is 5.92. The van der Waals surface area contributed by atoms with Gasteiger partial charge in [-0.3, -0.25) is 9.59 Å². The molecule has 0 saturated carbocycles. The van der Waals surface area contributed by atoms with Gasteiger partial charge in [-0.1, -0.05) is 6.07 Å². The molecule has 0 aliphatic carbocycles. The Morgan fingerprint density at radius 3 is 3.00 bits per heavy atom. The molecule has 0 aromatic heterocycles. The Morgan fingerprint density at radius 2 is 2.26 bits per heavy atom. The van der Waals surface area contributed by atoms with Crippen molar-refractivity contribution in [3.8, 4) is 0 Å². The second-order valence-electron chi connectivity index (χ2n) is 5.92. The van der Waals surface area contributed by atoms with Crippen molar-refractivity contribution in [2.75, 3.05) is 37.1 Å². The Kier molecular flexibility index (Phi) is 4.93. The number of amides is 2. The van der Waals surface area contributed by atoms with Crippen molar-refractivity contribution < 1.29 is 19.1 Å². The Bertz CT molecular complexity index is 596. The van der Waals surface area contributed by atoms with E-state index in [1.54, 1.807) is 4.90 Å². The third-order valence-corrected chi connectivity index (χ3v) is 4.26. The van der Waals surface area contributed by atoms with Crippen molar-refractivity contribution in [3.63, 3.8) is 0 Å². The first-order valence-corrected chi connectivity index (χ1v) is 8.04. The fourth-order valence-electron chi connectivity index (χ4n) is 3.12. The number of ether oxygens (including phenoxy) is 2. The molecule has 0 bridgehead atoms. The van der Waals surface area contributed by atoms with Gasteiger partial charge in [0, 0.05) is 31.6 Å². The molecule has 6 heteroatoms. The van der Waals surface area contributed by atoms with Crippen LogP contribution in [-0.2, 0) is 25.5 Å². The van der Waals surface area contributed by atoms with Gasteiger partial charge < -0.3 is 19.7 Å².